The van der Waals surface area contributed by atoms with Crippen LogP contribution in [0.15, 0.2) is 67.3 Å². The third kappa shape index (κ3) is 6.94. The van der Waals surface area contributed by atoms with Crippen LogP contribution in [-0.2, 0) is 18.3 Å². The number of benzene rings is 2. The van der Waals surface area contributed by atoms with Crippen molar-refractivity contribution < 1.29 is 19.3 Å². The van der Waals surface area contributed by atoms with Crippen molar-refractivity contribution >= 4 is 0 Å². The maximum Gasteiger partial charge on any atom is 0.222 e. The number of hydrogen-bond donors (Lipinski definition) is 1. The monoisotopic (exact) mass is 477 g/mol. The van der Waals surface area contributed by atoms with Gasteiger partial charge in [0, 0.05) is 38.3 Å². The van der Waals surface area contributed by atoms with Crippen molar-refractivity contribution in [1.82, 2.24) is 14.7 Å². The summed E-state index contributed by atoms with van der Waals surface area (Å²) in [6.07, 6.45) is 3.56. The van der Waals surface area contributed by atoms with E-state index in [1.165, 1.54) is 12.8 Å². The Hall–Kier alpha value is -3.13. The van der Waals surface area contributed by atoms with E-state index in [-0.39, 0.29) is 6.61 Å². The van der Waals surface area contributed by atoms with Crippen molar-refractivity contribution in [3.8, 4) is 28.6 Å². The second-order valence-corrected chi connectivity index (χ2v) is 9.02. The predicted molar refractivity (Wildman–Crippen MR) is 137 cm³/mol. The van der Waals surface area contributed by atoms with Gasteiger partial charge < -0.3 is 19.3 Å². The fourth-order valence-corrected chi connectivity index (χ4v) is 4.16. The van der Waals surface area contributed by atoms with Crippen LogP contribution >= 0.6 is 0 Å². The zero-order chi connectivity index (χ0) is 24.6. The van der Waals surface area contributed by atoms with Gasteiger partial charge in [-0.15, -0.1) is 6.58 Å². The second-order valence-electron chi connectivity index (χ2n) is 9.02. The van der Waals surface area contributed by atoms with Crippen molar-refractivity contribution in [3.05, 3.63) is 72.8 Å². The summed E-state index contributed by atoms with van der Waals surface area (Å²) in [5.41, 5.74) is 2.89. The van der Waals surface area contributed by atoms with Gasteiger partial charge in [0.05, 0.1) is 32.0 Å². The average Bonchev–Trinajstić information content (AvgIpc) is 3.64. The molecule has 7 nitrogen and oxygen atoms in total. The van der Waals surface area contributed by atoms with Gasteiger partial charge in [-0.3, -0.25) is 4.90 Å². The summed E-state index contributed by atoms with van der Waals surface area (Å²) < 4.78 is 19.0. The van der Waals surface area contributed by atoms with Crippen LogP contribution in [0.3, 0.4) is 0 Å². The molecule has 1 heterocycles. The largest absolute Gasteiger partial charge is 0.497 e. The summed E-state index contributed by atoms with van der Waals surface area (Å²) in [5, 5.41) is 15.5. The molecule has 7 heteroatoms. The van der Waals surface area contributed by atoms with Crippen molar-refractivity contribution in [3.63, 3.8) is 0 Å². The standard InChI is InChI=1S/C28H35N3O4/c1-4-15-34-20-23(32)18-31(17-21-13-14-21)19-26-27(22-9-6-5-7-10-22)29-30(2)28(26)35-25-12-8-11-24(16-25)33-3/h4-12,16,21,23,32H,1,13-15,17-20H2,2-3H3/t23-/m0/s1. The molecule has 1 aliphatic carbocycles. The molecule has 2 aromatic carbocycles. The zero-order valence-corrected chi connectivity index (χ0v) is 20.6. The summed E-state index contributed by atoms with van der Waals surface area (Å²) in [7, 11) is 3.54. The van der Waals surface area contributed by atoms with E-state index in [1.54, 1.807) is 17.9 Å². The Bertz CT molecular complexity index is 1090. The Labute approximate surface area is 207 Å². The SMILES string of the molecule is C=CCOC[C@@H](O)CN(Cc1c(-c2ccccc2)nn(C)c1Oc1cccc(OC)c1)CC1CC1. The number of nitrogens with zero attached hydrogens (tertiary/aromatic N) is 3. The molecule has 186 valence electrons. The van der Waals surface area contributed by atoms with Crippen LogP contribution in [0.2, 0.25) is 0 Å². The lowest BCUT2D eigenvalue weighted by molar-refractivity contribution is 0.0235. The van der Waals surface area contributed by atoms with Crippen molar-refractivity contribution in [2.24, 2.45) is 13.0 Å². The van der Waals surface area contributed by atoms with E-state index in [2.05, 4.69) is 23.6 Å². The fraction of sp³-hybridized carbons (Fsp3) is 0.393. The fourth-order valence-electron chi connectivity index (χ4n) is 4.16. The number of hydrogen-bond acceptors (Lipinski definition) is 6. The van der Waals surface area contributed by atoms with Gasteiger partial charge in [-0.05, 0) is 30.9 Å². The molecular formula is C28H35N3O4. The van der Waals surface area contributed by atoms with Gasteiger partial charge in [0.15, 0.2) is 0 Å². The number of ether oxygens (including phenoxy) is 3. The van der Waals surface area contributed by atoms with Crippen LogP contribution in [0.4, 0.5) is 0 Å². The average molecular weight is 478 g/mol. The maximum atomic E-state index is 10.6. The molecule has 1 N–H and O–H groups in total. The number of aliphatic hydroxyl groups is 1. The molecule has 3 aromatic rings. The molecule has 1 saturated carbocycles. The van der Waals surface area contributed by atoms with Gasteiger partial charge in [0.2, 0.25) is 5.88 Å². The molecule has 1 aromatic heterocycles. The maximum absolute atomic E-state index is 10.6. The van der Waals surface area contributed by atoms with E-state index in [1.807, 2.05) is 49.5 Å². The van der Waals surface area contributed by atoms with Gasteiger partial charge in [0.25, 0.3) is 0 Å². The topological polar surface area (TPSA) is 69.0 Å². The molecule has 1 fully saturated rings. The molecule has 4 rings (SSSR count). The summed E-state index contributed by atoms with van der Waals surface area (Å²) in [6.45, 7) is 6.41. The van der Waals surface area contributed by atoms with E-state index in [0.717, 1.165) is 29.1 Å². The number of aromatic nitrogens is 2. The predicted octanol–water partition coefficient (Wildman–Crippen LogP) is 4.66. The van der Waals surface area contributed by atoms with Crippen LogP contribution in [0, 0.1) is 5.92 Å². The van der Waals surface area contributed by atoms with E-state index in [0.29, 0.717) is 37.2 Å². The number of rotatable bonds is 14. The van der Waals surface area contributed by atoms with Crippen molar-refractivity contribution in [2.45, 2.75) is 25.5 Å². The first-order chi connectivity index (χ1) is 17.1. The molecule has 0 saturated heterocycles. The Kier molecular flexibility index (Phi) is 8.58. The lowest BCUT2D eigenvalue weighted by Gasteiger charge is -2.25. The van der Waals surface area contributed by atoms with Crippen molar-refractivity contribution in [2.75, 3.05) is 33.4 Å². The van der Waals surface area contributed by atoms with E-state index < -0.39 is 6.10 Å². The van der Waals surface area contributed by atoms with Crippen LogP contribution < -0.4 is 9.47 Å². The first kappa shape index (κ1) is 25.0. The number of methoxy groups -OCH3 is 1. The Morgan fingerprint density at radius 1 is 1.17 bits per heavy atom. The molecule has 1 aliphatic rings. The van der Waals surface area contributed by atoms with Crippen molar-refractivity contribution in [1.29, 1.82) is 0 Å². The first-order valence-electron chi connectivity index (χ1n) is 12.1. The Balaban J connectivity index is 1.64. The molecule has 0 aliphatic heterocycles. The molecule has 0 spiro atoms. The summed E-state index contributed by atoms with van der Waals surface area (Å²) in [5.74, 6) is 2.75. The molecule has 1 atom stereocenters. The Morgan fingerprint density at radius 2 is 1.94 bits per heavy atom. The second kappa shape index (κ2) is 12.0. The van der Waals surface area contributed by atoms with E-state index in [4.69, 9.17) is 19.3 Å². The van der Waals surface area contributed by atoms with E-state index >= 15 is 0 Å². The first-order valence-corrected chi connectivity index (χ1v) is 12.1. The summed E-state index contributed by atoms with van der Waals surface area (Å²) in [6, 6.07) is 17.7. The van der Waals surface area contributed by atoms with Gasteiger partial charge in [-0.1, -0.05) is 42.5 Å². The molecule has 35 heavy (non-hydrogen) atoms. The minimum atomic E-state index is -0.590. The van der Waals surface area contributed by atoms with Crippen LogP contribution in [0.5, 0.6) is 17.4 Å². The molecule has 0 radical (unpaired) electrons. The number of aryl methyl sites for hydroxylation is 1. The van der Waals surface area contributed by atoms with Gasteiger partial charge in [0.1, 0.15) is 17.2 Å². The summed E-state index contributed by atoms with van der Waals surface area (Å²) in [4.78, 5) is 2.29. The highest BCUT2D eigenvalue weighted by atomic mass is 16.5. The third-order valence-corrected chi connectivity index (χ3v) is 6.00. The highest BCUT2D eigenvalue weighted by Gasteiger charge is 2.28. The lowest BCUT2D eigenvalue weighted by atomic mass is 10.1. The quantitative estimate of drug-likeness (QED) is 0.269. The Morgan fingerprint density at radius 3 is 2.66 bits per heavy atom. The summed E-state index contributed by atoms with van der Waals surface area (Å²) >= 11 is 0. The van der Waals surface area contributed by atoms with Crippen LogP contribution in [0.1, 0.15) is 18.4 Å². The molecule has 0 unspecified atom stereocenters. The minimum absolute atomic E-state index is 0.277. The lowest BCUT2D eigenvalue weighted by Crippen LogP contribution is -2.36. The number of aliphatic hydroxyl groups excluding tert-OH is 1. The van der Waals surface area contributed by atoms with Crippen LogP contribution in [0.25, 0.3) is 11.3 Å². The zero-order valence-electron chi connectivity index (χ0n) is 20.6. The van der Waals surface area contributed by atoms with Gasteiger partial charge in [-0.25, -0.2) is 4.68 Å². The highest BCUT2D eigenvalue weighted by Crippen LogP contribution is 2.36. The molecular weight excluding hydrogens is 442 g/mol. The molecule has 0 bridgehead atoms. The van der Waals surface area contributed by atoms with Gasteiger partial charge >= 0.3 is 0 Å². The third-order valence-electron chi connectivity index (χ3n) is 6.00. The van der Waals surface area contributed by atoms with E-state index in [9.17, 15) is 5.11 Å². The molecule has 0 amide bonds. The van der Waals surface area contributed by atoms with Crippen LogP contribution in [-0.4, -0.2) is 59.3 Å². The smallest absolute Gasteiger partial charge is 0.222 e. The highest BCUT2D eigenvalue weighted by molar-refractivity contribution is 5.65. The minimum Gasteiger partial charge on any atom is -0.497 e. The van der Waals surface area contributed by atoms with Gasteiger partial charge in [-0.2, -0.15) is 5.10 Å². The normalized spacial score (nSPS) is 14.2.